The highest BCUT2D eigenvalue weighted by molar-refractivity contribution is 7.07. The Hall–Kier alpha value is -1.72. The van der Waals surface area contributed by atoms with Gasteiger partial charge in [-0.3, -0.25) is 4.79 Å². The minimum absolute atomic E-state index is 0.160. The molecule has 2 heterocycles. The molecule has 1 aromatic carbocycles. The van der Waals surface area contributed by atoms with Gasteiger partial charge in [0.05, 0.1) is 0 Å². The molecular formula is C16H18N2O2S. The average Bonchev–Trinajstić information content (AvgIpc) is 3.14. The molecule has 2 aromatic rings. The Labute approximate surface area is 127 Å². The first-order chi connectivity index (χ1) is 10.2. The van der Waals surface area contributed by atoms with Crippen LogP contribution in [-0.4, -0.2) is 23.2 Å². The number of thiazole rings is 1. The van der Waals surface area contributed by atoms with E-state index in [9.17, 15) is 4.79 Å². The molecule has 1 fully saturated rings. The molecule has 21 heavy (non-hydrogen) atoms. The van der Waals surface area contributed by atoms with E-state index in [0.717, 1.165) is 24.2 Å². The van der Waals surface area contributed by atoms with Crippen LogP contribution >= 0.6 is 11.3 Å². The first kappa shape index (κ1) is 14.2. The van der Waals surface area contributed by atoms with E-state index in [1.165, 1.54) is 22.5 Å². The number of nitrogens with zero attached hydrogens (tertiary/aromatic N) is 2. The zero-order valence-corrected chi connectivity index (χ0v) is 12.8. The zero-order valence-electron chi connectivity index (χ0n) is 12.0. The number of aryl methyl sites for hydroxylation is 1. The summed E-state index contributed by atoms with van der Waals surface area (Å²) in [5, 5.41) is 1.95. The largest absolute Gasteiger partial charge is 0.368 e. The second kappa shape index (κ2) is 6.37. The molecule has 3 rings (SSSR count). The van der Waals surface area contributed by atoms with E-state index < -0.39 is 0 Å². The Morgan fingerprint density at radius 3 is 2.95 bits per heavy atom. The van der Waals surface area contributed by atoms with Crippen LogP contribution in [0.1, 0.15) is 24.0 Å². The molecule has 5 heteroatoms. The van der Waals surface area contributed by atoms with Crippen LogP contribution in [-0.2, 0) is 16.1 Å². The lowest BCUT2D eigenvalue weighted by Gasteiger charge is -2.05. The van der Waals surface area contributed by atoms with Crippen molar-refractivity contribution in [1.82, 2.24) is 4.57 Å². The van der Waals surface area contributed by atoms with Crippen molar-refractivity contribution in [3.63, 3.8) is 0 Å². The lowest BCUT2D eigenvalue weighted by molar-refractivity contribution is -0.126. The molecule has 1 aromatic heterocycles. The van der Waals surface area contributed by atoms with Crippen molar-refractivity contribution >= 4 is 17.2 Å². The molecule has 0 N–H and O–H groups in total. The van der Waals surface area contributed by atoms with E-state index in [1.807, 2.05) is 16.1 Å². The maximum absolute atomic E-state index is 12.1. The number of amides is 1. The predicted octanol–water partition coefficient (Wildman–Crippen LogP) is 2.51. The van der Waals surface area contributed by atoms with Gasteiger partial charge in [-0.25, -0.2) is 0 Å². The van der Waals surface area contributed by atoms with Gasteiger partial charge in [-0.15, -0.1) is 11.3 Å². The lowest BCUT2D eigenvalue weighted by atomic mass is 10.1. The zero-order chi connectivity index (χ0) is 14.7. The lowest BCUT2D eigenvalue weighted by Crippen LogP contribution is -2.23. The predicted molar refractivity (Wildman–Crippen MR) is 82.1 cm³/mol. The minimum Gasteiger partial charge on any atom is -0.368 e. The topological polar surface area (TPSA) is 43.6 Å². The number of hydrogen-bond donors (Lipinski definition) is 0. The van der Waals surface area contributed by atoms with Crippen LogP contribution in [0.3, 0.4) is 0 Å². The Morgan fingerprint density at radius 1 is 1.43 bits per heavy atom. The second-order valence-corrected chi connectivity index (χ2v) is 6.12. The van der Waals surface area contributed by atoms with Gasteiger partial charge in [0.2, 0.25) is 0 Å². The summed E-state index contributed by atoms with van der Waals surface area (Å²) in [6, 6.07) is 8.39. The van der Waals surface area contributed by atoms with E-state index >= 15 is 0 Å². The molecule has 0 bridgehead atoms. The highest BCUT2D eigenvalue weighted by Crippen LogP contribution is 2.13. The maximum Gasteiger partial charge on any atom is 0.277 e. The van der Waals surface area contributed by atoms with Gasteiger partial charge < -0.3 is 9.30 Å². The number of carbonyl (C=O) groups is 1. The normalized spacial score (nSPS) is 19.1. The van der Waals surface area contributed by atoms with Gasteiger partial charge >= 0.3 is 0 Å². The molecular weight excluding hydrogens is 284 g/mol. The van der Waals surface area contributed by atoms with E-state index in [2.05, 4.69) is 36.2 Å². The Morgan fingerprint density at radius 2 is 2.24 bits per heavy atom. The summed E-state index contributed by atoms with van der Waals surface area (Å²) < 4.78 is 7.39. The second-order valence-electron chi connectivity index (χ2n) is 5.25. The van der Waals surface area contributed by atoms with Crippen molar-refractivity contribution in [2.45, 2.75) is 32.4 Å². The molecule has 0 unspecified atom stereocenters. The Kier molecular flexibility index (Phi) is 4.31. The number of ether oxygens (including phenoxy) is 1. The van der Waals surface area contributed by atoms with Gasteiger partial charge in [-0.1, -0.05) is 29.8 Å². The SMILES string of the molecule is Cc1ccc(Cn2ccsc2=NC(=O)[C@H]2CCCO2)cc1. The number of carbonyl (C=O) groups excluding carboxylic acids is 1. The smallest absolute Gasteiger partial charge is 0.277 e. The summed E-state index contributed by atoms with van der Waals surface area (Å²) in [7, 11) is 0. The molecule has 0 radical (unpaired) electrons. The third-order valence-electron chi connectivity index (χ3n) is 3.54. The van der Waals surface area contributed by atoms with Gasteiger partial charge in [0, 0.05) is 24.7 Å². The monoisotopic (exact) mass is 302 g/mol. The molecule has 1 aliphatic heterocycles. The molecule has 1 amide bonds. The maximum atomic E-state index is 12.1. The third kappa shape index (κ3) is 3.49. The minimum atomic E-state index is -0.347. The van der Waals surface area contributed by atoms with E-state index in [1.54, 1.807) is 0 Å². The van der Waals surface area contributed by atoms with Crippen LogP contribution in [0.2, 0.25) is 0 Å². The number of rotatable bonds is 3. The molecule has 110 valence electrons. The fourth-order valence-corrected chi connectivity index (χ4v) is 3.07. The van der Waals surface area contributed by atoms with E-state index in [4.69, 9.17) is 4.74 Å². The Balaban J connectivity index is 1.80. The quantitative estimate of drug-likeness (QED) is 0.874. The van der Waals surface area contributed by atoms with Crippen molar-refractivity contribution < 1.29 is 9.53 Å². The molecule has 0 aliphatic carbocycles. The van der Waals surface area contributed by atoms with Crippen LogP contribution in [0.4, 0.5) is 0 Å². The standard InChI is InChI=1S/C16H18N2O2S/c1-12-4-6-13(7-5-12)11-18-8-10-21-16(18)17-15(19)14-3-2-9-20-14/h4-8,10,14H,2-3,9,11H2,1H3/t14-/m1/s1. The van der Waals surface area contributed by atoms with Crippen molar-refractivity contribution in [3.05, 3.63) is 51.8 Å². The Bertz CT molecular complexity index is 679. The van der Waals surface area contributed by atoms with E-state index in [-0.39, 0.29) is 12.0 Å². The summed E-state index contributed by atoms with van der Waals surface area (Å²) in [5.74, 6) is -0.160. The third-order valence-corrected chi connectivity index (χ3v) is 4.34. The van der Waals surface area contributed by atoms with Crippen LogP contribution in [0, 0.1) is 6.92 Å². The van der Waals surface area contributed by atoms with Gasteiger partial charge in [0.25, 0.3) is 5.91 Å². The molecule has 0 spiro atoms. The first-order valence-electron chi connectivity index (χ1n) is 7.12. The van der Waals surface area contributed by atoms with Crippen molar-refractivity contribution in [2.75, 3.05) is 6.61 Å². The molecule has 4 nitrogen and oxygen atoms in total. The van der Waals surface area contributed by atoms with Crippen molar-refractivity contribution in [3.8, 4) is 0 Å². The number of aromatic nitrogens is 1. The summed E-state index contributed by atoms with van der Waals surface area (Å²) in [4.78, 5) is 17.0. The van der Waals surface area contributed by atoms with Gasteiger partial charge in [0.1, 0.15) is 6.10 Å². The molecule has 0 saturated carbocycles. The molecule has 1 aliphatic rings. The summed E-state index contributed by atoms with van der Waals surface area (Å²) in [6.07, 6.45) is 3.34. The highest BCUT2D eigenvalue weighted by atomic mass is 32.1. The van der Waals surface area contributed by atoms with Crippen LogP contribution < -0.4 is 4.80 Å². The van der Waals surface area contributed by atoms with Crippen molar-refractivity contribution in [2.24, 2.45) is 4.99 Å². The van der Waals surface area contributed by atoms with Crippen LogP contribution in [0.5, 0.6) is 0 Å². The van der Waals surface area contributed by atoms with Crippen molar-refractivity contribution in [1.29, 1.82) is 0 Å². The fourth-order valence-electron chi connectivity index (χ4n) is 2.34. The average molecular weight is 302 g/mol. The van der Waals surface area contributed by atoms with Crippen LogP contribution in [0.15, 0.2) is 40.8 Å². The van der Waals surface area contributed by atoms with Crippen LogP contribution in [0.25, 0.3) is 0 Å². The first-order valence-corrected chi connectivity index (χ1v) is 8.00. The van der Waals surface area contributed by atoms with Gasteiger partial charge in [-0.05, 0) is 25.3 Å². The van der Waals surface area contributed by atoms with Gasteiger partial charge in [0.15, 0.2) is 4.80 Å². The fraction of sp³-hybridized carbons (Fsp3) is 0.375. The summed E-state index contributed by atoms with van der Waals surface area (Å²) >= 11 is 1.48. The number of benzene rings is 1. The number of hydrogen-bond acceptors (Lipinski definition) is 3. The van der Waals surface area contributed by atoms with E-state index in [0.29, 0.717) is 6.61 Å². The summed E-state index contributed by atoms with van der Waals surface area (Å²) in [6.45, 7) is 3.46. The molecule has 1 atom stereocenters. The molecule has 1 saturated heterocycles. The van der Waals surface area contributed by atoms with Gasteiger partial charge in [-0.2, -0.15) is 4.99 Å². The summed E-state index contributed by atoms with van der Waals surface area (Å²) in [5.41, 5.74) is 2.44. The highest BCUT2D eigenvalue weighted by Gasteiger charge is 2.23.